The Morgan fingerprint density at radius 1 is 1.33 bits per heavy atom. The third-order valence-electron chi connectivity index (χ3n) is 3.53. The Hall–Kier alpha value is -1.55. The third kappa shape index (κ3) is 1.97. The fraction of sp³-hybridized carbons (Fsp3) is 0.500. The molecule has 0 amide bonds. The van der Waals surface area contributed by atoms with Gasteiger partial charge < -0.3 is 9.64 Å². The van der Waals surface area contributed by atoms with E-state index in [9.17, 15) is 0 Å². The summed E-state index contributed by atoms with van der Waals surface area (Å²) in [6, 6.07) is 6.42. The average molecular weight is 245 g/mol. The predicted molar refractivity (Wildman–Crippen MR) is 72.9 cm³/mol. The lowest BCUT2D eigenvalue weighted by atomic mass is 10.2. The van der Waals surface area contributed by atoms with E-state index in [1.807, 2.05) is 10.9 Å². The van der Waals surface area contributed by atoms with Crippen molar-refractivity contribution in [1.82, 2.24) is 9.78 Å². The molecule has 1 aromatic heterocycles. The molecule has 0 aliphatic carbocycles. The SMILES string of the molecule is CN(C)c1ccc2cnn(C3CCCCO3)c2c1. The van der Waals surface area contributed by atoms with Crippen LogP contribution in [0.1, 0.15) is 25.5 Å². The highest BCUT2D eigenvalue weighted by Gasteiger charge is 2.18. The largest absolute Gasteiger partial charge is 0.378 e. The van der Waals surface area contributed by atoms with Crippen molar-refractivity contribution in [1.29, 1.82) is 0 Å². The minimum Gasteiger partial charge on any atom is -0.378 e. The Kier molecular flexibility index (Phi) is 2.96. The van der Waals surface area contributed by atoms with Gasteiger partial charge in [-0.1, -0.05) is 0 Å². The first-order valence-electron chi connectivity index (χ1n) is 6.52. The van der Waals surface area contributed by atoms with Crippen LogP contribution < -0.4 is 4.90 Å². The second-order valence-corrected chi connectivity index (χ2v) is 5.05. The van der Waals surface area contributed by atoms with Gasteiger partial charge in [0.25, 0.3) is 0 Å². The van der Waals surface area contributed by atoms with Gasteiger partial charge >= 0.3 is 0 Å². The molecule has 0 bridgehead atoms. The fourth-order valence-corrected chi connectivity index (χ4v) is 2.45. The van der Waals surface area contributed by atoms with E-state index < -0.39 is 0 Å². The number of benzene rings is 1. The highest BCUT2D eigenvalue weighted by Crippen LogP contribution is 2.28. The van der Waals surface area contributed by atoms with Crippen molar-refractivity contribution >= 4 is 16.6 Å². The van der Waals surface area contributed by atoms with Gasteiger partial charge in [0.05, 0.1) is 11.7 Å². The van der Waals surface area contributed by atoms with E-state index in [1.165, 1.54) is 23.9 Å². The molecule has 18 heavy (non-hydrogen) atoms. The molecule has 1 aromatic carbocycles. The molecule has 1 saturated heterocycles. The summed E-state index contributed by atoms with van der Waals surface area (Å²) < 4.78 is 7.85. The van der Waals surface area contributed by atoms with E-state index in [2.05, 4.69) is 42.3 Å². The number of nitrogens with zero attached hydrogens (tertiary/aromatic N) is 3. The number of hydrogen-bond acceptors (Lipinski definition) is 3. The summed E-state index contributed by atoms with van der Waals surface area (Å²) in [5, 5.41) is 5.67. The lowest BCUT2D eigenvalue weighted by Gasteiger charge is -2.23. The summed E-state index contributed by atoms with van der Waals surface area (Å²) in [6.07, 6.45) is 5.47. The van der Waals surface area contributed by atoms with Gasteiger partial charge in [0.15, 0.2) is 6.23 Å². The van der Waals surface area contributed by atoms with E-state index in [0.29, 0.717) is 0 Å². The summed E-state index contributed by atoms with van der Waals surface area (Å²) in [5.74, 6) is 0. The standard InChI is InChI=1S/C14H19N3O/c1-16(2)12-7-6-11-10-15-17(13(11)9-12)14-5-3-4-8-18-14/h6-7,9-10,14H,3-5,8H2,1-2H3. The first-order valence-corrected chi connectivity index (χ1v) is 6.52. The van der Waals surface area contributed by atoms with Crippen LogP contribution in [0.3, 0.4) is 0 Å². The molecule has 0 saturated carbocycles. The normalized spacial score (nSPS) is 20.2. The predicted octanol–water partition coefficient (Wildman–Crippen LogP) is 2.80. The van der Waals surface area contributed by atoms with Gasteiger partial charge in [-0.05, 0) is 37.5 Å². The van der Waals surface area contributed by atoms with E-state index in [0.717, 1.165) is 18.5 Å². The molecule has 1 unspecified atom stereocenters. The van der Waals surface area contributed by atoms with Crippen LogP contribution >= 0.6 is 0 Å². The van der Waals surface area contributed by atoms with Crippen molar-refractivity contribution < 1.29 is 4.74 Å². The number of hydrogen-bond donors (Lipinski definition) is 0. The summed E-state index contributed by atoms with van der Waals surface area (Å²) in [7, 11) is 4.11. The van der Waals surface area contributed by atoms with Gasteiger partial charge in [-0.25, -0.2) is 4.68 Å². The van der Waals surface area contributed by atoms with Gasteiger partial charge in [0, 0.05) is 31.8 Å². The molecular formula is C14H19N3O. The quantitative estimate of drug-likeness (QED) is 0.815. The highest BCUT2D eigenvalue weighted by molar-refractivity contribution is 5.82. The van der Waals surface area contributed by atoms with Crippen LogP contribution in [-0.2, 0) is 4.74 Å². The molecule has 1 atom stereocenters. The monoisotopic (exact) mass is 245 g/mol. The second-order valence-electron chi connectivity index (χ2n) is 5.05. The van der Waals surface area contributed by atoms with E-state index in [-0.39, 0.29) is 6.23 Å². The van der Waals surface area contributed by atoms with Crippen molar-refractivity contribution in [2.45, 2.75) is 25.5 Å². The second kappa shape index (κ2) is 4.61. The maximum atomic E-state index is 5.82. The zero-order valence-corrected chi connectivity index (χ0v) is 11.0. The van der Waals surface area contributed by atoms with Crippen LogP contribution in [0.25, 0.3) is 10.9 Å². The maximum Gasteiger partial charge on any atom is 0.150 e. The molecule has 4 nitrogen and oxygen atoms in total. The Balaban J connectivity index is 2.03. The molecule has 0 N–H and O–H groups in total. The van der Waals surface area contributed by atoms with E-state index >= 15 is 0 Å². The van der Waals surface area contributed by atoms with Crippen LogP contribution in [0.15, 0.2) is 24.4 Å². The Morgan fingerprint density at radius 3 is 2.94 bits per heavy atom. The van der Waals surface area contributed by atoms with Crippen molar-refractivity contribution in [3.05, 3.63) is 24.4 Å². The van der Waals surface area contributed by atoms with Crippen molar-refractivity contribution in [2.75, 3.05) is 25.6 Å². The van der Waals surface area contributed by atoms with Crippen LogP contribution in [-0.4, -0.2) is 30.5 Å². The van der Waals surface area contributed by atoms with Gasteiger partial charge in [-0.3, -0.25) is 0 Å². The molecule has 0 radical (unpaired) electrons. The third-order valence-corrected chi connectivity index (χ3v) is 3.53. The zero-order chi connectivity index (χ0) is 12.5. The fourth-order valence-electron chi connectivity index (χ4n) is 2.45. The molecule has 1 aliphatic rings. The number of anilines is 1. The van der Waals surface area contributed by atoms with E-state index in [1.54, 1.807) is 0 Å². The molecule has 2 heterocycles. The molecule has 1 fully saturated rings. The molecule has 4 heteroatoms. The van der Waals surface area contributed by atoms with Crippen LogP contribution in [0.2, 0.25) is 0 Å². The minimum absolute atomic E-state index is 0.105. The Labute approximate surface area is 107 Å². The Morgan fingerprint density at radius 2 is 2.22 bits per heavy atom. The summed E-state index contributed by atoms with van der Waals surface area (Å²) in [6.45, 7) is 0.847. The van der Waals surface area contributed by atoms with Gasteiger partial charge in [-0.15, -0.1) is 0 Å². The number of aromatic nitrogens is 2. The average Bonchev–Trinajstić information content (AvgIpc) is 2.82. The van der Waals surface area contributed by atoms with Crippen LogP contribution in [0, 0.1) is 0 Å². The molecule has 2 aromatic rings. The zero-order valence-electron chi connectivity index (χ0n) is 11.0. The van der Waals surface area contributed by atoms with Crippen LogP contribution in [0.5, 0.6) is 0 Å². The Bertz CT molecular complexity index is 541. The van der Waals surface area contributed by atoms with E-state index in [4.69, 9.17) is 4.74 Å². The minimum atomic E-state index is 0.105. The number of fused-ring (bicyclic) bond motifs is 1. The lowest BCUT2D eigenvalue weighted by molar-refractivity contribution is -0.0366. The lowest BCUT2D eigenvalue weighted by Crippen LogP contribution is -2.19. The smallest absolute Gasteiger partial charge is 0.150 e. The molecule has 1 aliphatic heterocycles. The maximum absolute atomic E-state index is 5.82. The van der Waals surface area contributed by atoms with Crippen molar-refractivity contribution in [3.63, 3.8) is 0 Å². The first-order chi connectivity index (χ1) is 8.75. The number of ether oxygens (including phenoxy) is 1. The highest BCUT2D eigenvalue weighted by atomic mass is 16.5. The molecular weight excluding hydrogens is 226 g/mol. The summed E-state index contributed by atoms with van der Waals surface area (Å²) in [5.41, 5.74) is 2.35. The topological polar surface area (TPSA) is 30.3 Å². The molecule has 0 spiro atoms. The van der Waals surface area contributed by atoms with Crippen molar-refractivity contribution in [3.8, 4) is 0 Å². The summed E-state index contributed by atoms with van der Waals surface area (Å²) in [4.78, 5) is 2.11. The van der Waals surface area contributed by atoms with Crippen molar-refractivity contribution in [2.24, 2.45) is 0 Å². The summed E-state index contributed by atoms with van der Waals surface area (Å²) >= 11 is 0. The van der Waals surface area contributed by atoms with Gasteiger partial charge in [-0.2, -0.15) is 5.10 Å². The number of rotatable bonds is 2. The van der Waals surface area contributed by atoms with Gasteiger partial charge in [0.2, 0.25) is 0 Å². The van der Waals surface area contributed by atoms with Crippen LogP contribution in [0.4, 0.5) is 5.69 Å². The molecule has 96 valence electrons. The first kappa shape index (κ1) is 11.5. The molecule has 3 rings (SSSR count). The van der Waals surface area contributed by atoms with Gasteiger partial charge in [0.1, 0.15) is 0 Å².